The molecule has 0 aliphatic carbocycles. The van der Waals surface area contributed by atoms with Crippen molar-refractivity contribution in [1.82, 2.24) is 0 Å². The second-order valence-electron chi connectivity index (χ2n) is 6.29. The maximum absolute atomic E-state index is 11.0. The van der Waals surface area contributed by atoms with Gasteiger partial charge in [-0.15, -0.1) is 0 Å². The Morgan fingerprint density at radius 1 is 0.897 bits per heavy atom. The van der Waals surface area contributed by atoms with E-state index in [1.165, 1.54) is 5.56 Å². The molecule has 0 saturated heterocycles. The summed E-state index contributed by atoms with van der Waals surface area (Å²) in [5, 5.41) is 17.5. The van der Waals surface area contributed by atoms with Gasteiger partial charge in [0.05, 0.1) is 4.92 Å². The highest BCUT2D eigenvalue weighted by molar-refractivity contribution is 7.13. The fourth-order valence-corrected chi connectivity index (χ4v) is 3.94. The predicted molar refractivity (Wildman–Crippen MR) is 112 cm³/mol. The number of hydrogen-bond donors (Lipinski definition) is 1. The zero-order chi connectivity index (χ0) is 19.3. The number of anilines is 2. The van der Waals surface area contributed by atoms with E-state index in [0.717, 1.165) is 22.1 Å². The quantitative estimate of drug-likeness (QED) is 0.269. The molecule has 3 aromatic carbocycles. The zero-order valence-electron chi connectivity index (χ0n) is 15.4. The van der Waals surface area contributed by atoms with Crippen molar-refractivity contribution >= 4 is 27.8 Å². The summed E-state index contributed by atoms with van der Waals surface area (Å²) in [7, 11) is 0. The first-order chi connectivity index (χ1) is 13.7. The molecule has 1 N–H and O–H groups in total. The number of benzene rings is 3. The van der Waals surface area contributed by atoms with Crippen molar-refractivity contribution in [2.24, 2.45) is 0 Å². The lowest BCUT2D eigenvalue weighted by Gasteiger charge is -2.07. The highest BCUT2D eigenvalue weighted by Gasteiger charge is 2.20. The van der Waals surface area contributed by atoms with Gasteiger partial charge in [0.25, 0.3) is 5.69 Å². The van der Waals surface area contributed by atoms with Crippen molar-refractivity contribution in [2.75, 3.05) is 5.32 Å². The molecule has 0 aliphatic heterocycles. The molecule has 29 heavy (non-hydrogen) atoms. The number of aromatic nitrogens is 1. The molecule has 4 aromatic rings. The molecule has 146 valence electrons. The maximum atomic E-state index is 11.0. The van der Waals surface area contributed by atoms with Gasteiger partial charge >= 0.3 is 5.13 Å². The van der Waals surface area contributed by atoms with Crippen LogP contribution in [0, 0.1) is 10.1 Å². The molecule has 0 unspecified atom stereocenters. The Morgan fingerprint density at radius 2 is 1.52 bits per heavy atom. The van der Waals surface area contributed by atoms with Crippen molar-refractivity contribution in [3.63, 3.8) is 0 Å². The Morgan fingerprint density at radius 3 is 2.14 bits per heavy atom. The number of hydrogen-bond acceptors (Lipinski definition) is 4. The van der Waals surface area contributed by atoms with E-state index in [-0.39, 0.29) is 27.6 Å². The fraction of sp³-hybridized carbons (Fsp3) is 0.0455. The van der Waals surface area contributed by atoms with E-state index in [2.05, 4.69) is 27.4 Å². The van der Waals surface area contributed by atoms with E-state index in [1.807, 2.05) is 48.5 Å². The third-order valence-corrected chi connectivity index (χ3v) is 5.29. The van der Waals surface area contributed by atoms with Gasteiger partial charge in [0.1, 0.15) is 17.9 Å². The van der Waals surface area contributed by atoms with Crippen LogP contribution < -0.4 is 26.9 Å². The molecule has 7 heteroatoms. The monoisotopic (exact) mass is 467 g/mol. The minimum absolute atomic E-state index is 0. The second kappa shape index (κ2) is 9.45. The average molecular weight is 468 g/mol. The first kappa shape index (κ1) is 20.7. The molecule has 5 nitrogen and oxygen atoms in total. The van der Waals surface area contributed by atoms with Crippen LogP contribution in [0.5, 0.6) is 0 Å². The lowest BCUT2D eigenvalue weighted by Crippen LogP contribution is -3.00. The third kappa shape index (κ3) is 4.88. The summed E-state index contributed by atoms with van der Waals surface area (Å²) < 4.78 is 2.20. The van der Waals surface area contributed by atoms with Crippen molar-refractivity contribution < 1.29 is 26.5 Å². The molecule has 0 bridgehead atoms. The molecule has 0 saturated carbocycles. The Balaban J connectivity index is 0.00000240. The fourth-order valence-electron chi connectivity index (χ4n) is 2.99. The summed E-state index contributed by atoms with van der Waals surface area (Å²) in [5.74, 6) is 0. The second-order valence-corrected chi connectivity index (χ2v) is 7.15. The number of nitro benzene ring substituents is 1. The molecule has 0 radical (unpaired) electrons. The highest BCUT2D eigenvalue weighted by Crippen LogP contribution is 2.27. The number of thiazole rings is 1. The summed E-state index contributed by atoms with van der Waals surface area (Å²) in [6.07, 6.45) is 0. The van der Waals surface area contributed by atoms with Gasteiger partial charge < -0.3 is 17.0 Å². The summed E-state index contributed by atoms with van der Waals surface area (Å²) >= 11 is 1.61. The highest BCUT2D eigenvalue weighted by atomic mass is 79.9. The largest absolute Gasteiger partial charge is 1.00 e. The molecule has 0 aliphatic rings. The Hall–Kier alpha value is -3.03. The van der Waals surface area contributed by atoms with Crippen LogP contribution in [-0.4, -0.2) is 4.92 Å². The minimum Gasteiger partial charge on any atom is -1.00 e. The molecule has 0 atom stereocenters. The summed E-state index contributed by atoms with van der Waals surface area (Å²) in [4.78, 5) is 10.6. The molecule has 0 amide bonds. The van der Waals surface area contributed by atoms with Gasteiger partial charge in [-0.25, -0.2) is 9.88 Å². The van der Waals surface area contributed by atoms with E-state index in [4.69, 9.17) is 0 Å². The summed E-state index contributed by atoms with van der Waals surface area (Å²) in [6.45, 7) is 0.700. The molecule has 1 heterocycles. The van der Waals surface area contributed by atoms with Gasteiger partial charge in [-0.2, -0.15) is 0 Å². The Kier molecular flexibility index (Phi) is 6.74. The predicted octanol–water partition coefficient (Wildman–Crippen LogP) is 2.41. The Bertz CT molecular complexity index is 1080. The van der Waals surface area contributed by atoms with Gasteiger partial charge in [0.2, 0.25) is 0 Å². The van der Waals surface area contributed by atoms with Crippen LogP contribution in [0.15, 0.2) is 90.3 Å². The number of para-hydroxylation sites is 1. The first-order valence-electron chi connectivity index (χ1n) is 8.83. The van der Waals surface area contributed by atoms with Crippen molar-refractivity contribution in [3.8, 4) is 11.3 Å². The van der Waals surface area contributed by atoms with Crippen LogP contribution in [0.3, 0.4) is 0 Å². The third-order valence-electron chi connectivity index (χ3n) is 4.40. The van der Waals surface area contributed by atoms with Crippen LogP contribution in [0.25, 0.3) is 11.3 Å². The van der Waals surface area contributed by atoms with Crippen LogP contribution in [0.1, 0.15) is 5.56 Å². The summed E-state index contributed by atoms with van der Waals surface area (Å²) in [6, 6.07) is 27.0. The zero-order valence-corrected chi connectivity index (χ0v) is 17.8. The number of nitrogens with one attached hydrogen (secondary N) is 1. The van der Waals surface area contributed by atoms with E-state index >= 15 is 0 Å². The van der Waals surface area contributed by atoms with Gasteiger partial charge in [0.15, 0.2) is 0 Å². The molecule has 0 spiro atoms. The molecule has 0 fully saturated rings. The molecule has 4 rings (SSSR count). The minimum atomic E-state index is -0.377. The standard InChI is InChI=1S/C22H17N3O2S.BrH/c26-25(27)20-13-11-18(12-14-20)21-16-28-22(23-19-9-5-2-6-10-19)24(21)15-17-7-3-1-4-8-17;/h1-14,16H,15H2;1H. The van der Waals surface area contributed by atoms with Crippen molar-refractivity contribution in [2.45, 2.75) is 6.54 Å². The van der Waals surface area contributed by atoms with Gasteiger partial charge in [0, 0.05) is 23.1 Å². The average Bonchev–Trinajstić information content (AvgIpc) is 3.11. The maximum Gasteiger partial charge on any atom is 0.339 e. The normalized spacial score (nSPS) is 10.2. The van der Waals surface area contributed by atoms with Crippen molar-refractivity contribution in [1.29, 1.82) is 0 Å². The molecule has 1 aromatic heterocycles. The van der Waals surface area contributed by atoms with Gasteiger partial charge in [-0.1, -0.05) is 59.9 Å². The summed E-state index contributed by atoms with van der Waals surface area (Å²) in [5.41, 5.74) is 4.25. The smallest absolute Gasteiger partial charge is 0.339 e. The lowest BCUT2D eigenvalue weighted by molar-refractivity contribution is -0.659. The number of nitrogens with zero attached hydrogens (tertiary/aromatic N) is 2. The number of non-ortho nitro benzene ring substituents is 1. The van der Waals surface area contributed by atoms with E-state index in [0.29, 0.717) is 6.54 Å². The van der Waals surface area contributed by atoms with Crippen LogP contribution in [-0.2, 0) is 6.54 Å². The number of rotatable bonds is 6. The van der Waals surface area contributed by atoms with Gasteiger partial charge in [-0.05, 0) is 29.8 Å². The molecular weight excluding hydrogens is 450 g/mol. The van der Waals surface area contributed by atoms with Crippen molar-refractivity contribution in [3.05, 3.63) is 106 Å². The Labute approximate surface area is 183 Å². The van der Waals surface area contributed by atoms with E-state index < -0.39 is 0 Å². The SMILES string of the molecule is O=[N+]([O-])c1ccc(-c2csc(Nc3ccccc3)[n+]2Cc2ccccc2)cc1.[Br-]. The van der Waals surface area contributed by atoms with Crippen LogP contribution >= 0.6 is 11.3 Å². The van der Waals surface area contributed by atoms with Crippen LogP contribution in [0.4, 0.5) is 16.5 Å². The van der Waals surface area contributed by atoms with Gasteiger partial charge in [-0.3, -0.25) is 10.1 Å². The topological polar surface area (TPSA) is 59.1 Å². The van der Waals surface area contributed by atoms with E-state index in [1.54, 1.807) is 35.6 Å². The first-order valence-corrected chi connectivity index (χ1v) is 9.71. The number of halogens is 1. The van der Waals surface area contributed by atoms with Crippen LogP contribution in [0.2, 0.25) is 0 Å². The van der Waals surface area contributed by atoms with E-state index in [9.17, 15) is 10.1 Å². The number of nitro groups is 1. The lowest BCUT2D eigenvalue weighted by atomic mass is 10.1. The molecular formula is C22H18BrN3O2S.